The fourth-order valence-electron chi connectivity index (χ4n) is 0.807. The highest BCUT2D eigenvalue weighted by atomic mass is 28.4. The van der Waals surface area contributed by atoms with Crippen molar-refractivity contribution in [3.05, 3.63) is 12.7 Å². The zero-order chi connectivity index (χ0) is 10.3. The summed E-state index contributed by atoms with van der Waals surface area (Å²) in [5.74, 6) is -0.199. The Morgan fingerprint density at radius 2 is 2.31 bits per heavy atom. The summed E-state index contributed by atoms with van der Waals surface area (Å²) >= 11 is 0. The highest BCUT2D eigenvalue weighted by Gasteiger charge is 2.29. The molecule has 0 saturated carbocycles. The molecule has 76 valence electrons. The predicted octanol–water partition coefficient (Wildman–Crippen LogP) is 0.583. The normalized spacial score (nSPS) is 14.7. The summed E-state index contributed by atoms with van der Waals surface area (Å²) in [5.41, 5.74) is 0. The second kappa shape index (κ2) is 5.90. The second-order valence-electron chi connectivity index (χ2n) is 2.69. The van der Waals surface area contributed by atoms with Gasteiger partial charge >= 0.3 is 8.56 Å². The van der Waals surface area contributed by atoms with Gasteiger partial charge in [0.1, 0.15) is 0 Å². The van der Waals surface area contributed by atoms with Crippen LogP contribution in [0.5, 0.6) is 0 Å². The number of carbonyl (C=O) groups excluding carboxylic acids is 1. The van der Waals surface area contributed by atoms with Gasteiger partial charge in [0.2, 0.25) is 5.91 Å². The van der Waals surface area contributed by atoms with Crippen LogP contribution in [0.4, 0.5) is 0 Å². The van der Waals surface area contributed by atoms with Crippen LogP contribution in [0.15, 0.2) is 12.7 Å². The molecule has 0 aromatic rings. The average molecular weight is 203 g/mol. The summed E-state index contributed by atoms with van der Waals surface area (Å²) in [6.07, 6.45) is 1.68. The van der Waals surface area contributed by atoms with E-state index in [-0.39, 0.29) is 5.91 Å². The number of rotatable bonds is 6. The lowest BCUT2D eigenvalue weighted by atomic mass is 10.6. The predicted molar refractivity (Wildman–Crippen MR) is 53.5 cm³/mol. The molecule has 0 aromatic carbocycles. The van der Waals surface area contributed by atoms with E-state index in [1.54, 1.807) is 7.11 Å². The van der Waals surface area contributed by atoms with Gasteiger partial charge < -0.3 is 14.2 Å². The molecule has 0 aliphatic heterocycles. The Bertz CT molecular complexity index is 186. The molecule has 0 fully saturated rings. The van der Waals surface area contributed by atoms with Crippen LogP contribution in [0, 0.1) is 0 Å². The average Bonchev–Trinajstić information content (AvgIpc) is 2.15. The lowest BCUT2D eigenvalue weighted by Gasteiger charge is -2.24. The molecule has 1 atom stereocenters. The molecule has 5 heteroatoms. The molecule has 4 nitrogen and oxygen atoms in total. The van der Waals surface area contributed by atoms with Crippen molar-refractivity contribution < 1.29 is 13.6 Å². The van der Waals surface area contributed by atoms with Gasteiger partial charge in [0.05, 0.1) is 6.17 Å². The van der Waals surface area contributed by atoms with Crippen molar-refractivity contribution in [2.45, 2.75) is 13.5 Å². The van der Waals surface area contributed by atoms with Gasteiger partial charge in [-0.05, 0) is 19.5 Å². The molecule has 0 bridgehead atoms. The van der Waals surface area contributed by atoms with E-state index in [0.29, 0.717) is 12.8 Å². The van der Waals surface area contributed by atoms with Crippen LogP contribution in [0.3, 0.4) is 0 Å². The highest BCUT2D eigenvalue weighted by molar-refractivity contribution is 6.66. The molecule has 0 aliphatic carbocycles. The number of nitrogens with one attached hydrogen (secondary N) is 1. The van der Waals surface area contributed by atoms with Crippen molar-refractivity contribution in [2.24, 2.45) is 0 Å². The van der Waals surface area contributed by atoms with Gasteiger partial charge in [-0.25, -0.2) is 0 Å². The smallest absolute Gasteiger partial charge is 0.354 e. The van der Waals surface area contributed by atoms with E-state index in [1.165, 1.54) is 6.08 Å². The van der Waals surface area contributed by atoms with Gasteiger partial charge in [0, 0.05) is 13.7 Å². The van der Waals surface area contributed by atoms with Crippen molar-refractivity contribution in [1.82, 2.24) is 5.32 Å². The van der Waals surface area contributed by atoms with Crippen LogP contribution < -0.4 is 5.32 Å². The third-order valence-electron chi connectivity index (χ3n) is 1.65. The Balaban J connectivity index is 3.96. The Kier molecular flexibility index (Phi) is 5.61. The van der Waals surface area contributed by atoms with Crippen LogP contribution in [0.2, 0.25) is 6.55 Å². The Morgan fingerprint density at radius 3 is 2.69 bits per heavy atom. The van der Waals surface area contributed by atoms with Crippen LogP contribution >= 0.6 is 0 Å². The molecule has 0 aromatic heterocycles. The highest BCUT2D eigenvalue weighted by Crippen LogP contribution is 2.03. The van der Waals surface area contributed by atoms with Crippen LogP contribution in [-0.4, -0.2) is 34.4 Å². The van der Waals surface area contributed by atoms with Gasteiger partial charge in [0.15, 0.2) is 0 Å². The third kappa shape index (κ3) is 4.82. The third-order valence-corrected chi connectivity index (χ3v) is 4.23. The zero-order valence-corrected chi connectivity index (χ0v) is 9.42. The molecule has 1 amide bonds. The SMILES string of the molecule is C=CC(=O)NC[Si](C)(OC)OCC. The van der Waals surface area contributed by atoms with E-state index >= 15 is 0 Å². The maximum Gasteiger partial charge on any atom is 0.354 e. The van der Waals surface area contributed by atoms with E-state index in [2.05, 4.69) is 11.9 Å². The minimum atomic E-state index is -2.18. The van der Waals surface area contributed by atoms with E-state index in [9.17, 15) is 4.79 Å². The molecule has 0 saturated heterocycles. The van der Waals surface area contributed by atoms with Crippen molar-refractivity contribution in [2.75, 3.05) is 19.9 Å². The zero-order valence-electron chi connectivity index (χ0n) is 8.42. The van der Waals surface area contributed by atoms with Crippen LogP contribution in [0.1, 0.15) is 6.92 Å². The summed E-state index contributed by atoms with van der Waals surface area (Å²) in [7, 11) is -0.583. The van der Waals surface area contributed by atoms with Crippen molar-refractivity contribution in [3.63, 3.8) is 0 Å². The minimum absolute atomic E-state index is 0.199. The molecule has 1 unspecified atom stereocenters. The van der Waals surface area contributed by atoms with Gasteiger partial charge in [-0.1, -0.05) is 6.58 Å². The topological polar surface area (TPSA) is 47.6 Å². The first-order valence-electron chi connectivity index (χ1n) is 4.17. The summed E-state index contributed by atoms with van der Waals surface area (Å²) in [6.45, 7) is 7.76. The molecule has 1 N–H and O–H groups in total. The van der Waals surface area contributed by atoms with Crippen molar-refractivity contribution in [1.29, 1.82) is 0 Å². The quantitative estimate of drug-likeness (QED) is 0.507. The molecule has 13 heavy (non-hydrogen) atoms. The van der Waals surface area contributed by atoms with Gasteiger partial charge in [-0.15, -0.1) is 0 Å². The largest absolute Gasteiger partial charge is 0.397 e. The number of hydrogen-bond donors (Lipinski definition) is 1. The molecule has 0 spiro atoms. The first-order chi connectivity index (χ1) is 6.08. The first-order valence-corrected chi connectivity index (χ1v) is 6.69. The monoisotopic (exact) mass is 203 g/mol. The van der Waals surface area contributed by atoms with Crippen LogP contribution in [-0.2, 0) is 13.6 Å². The van der Waals surface area contributed by atoms with E-state index in [0.717, 1.165) is 0 Å². The summed E-state index contributed by atoms with van der Waals surface area (Å²) in [6, 6.07) is 0. The first kappa shape index (κ1) is 12.3. The Hall–Kier alpha value is -0.653. The van der Waals surface area contributed by atoms with E-state index in [1.807, 2.05) is 13.5 Å². The van der Waals surface area contributed by atoms with E-state index < -0.39 is 8.56 Å². The molecular weight excluding hydrogens is 186 g/mol. The standard InChI is InChI=1S/C8H17NO3Si/c1-5-8(10)9-7-13(4,11-3)12-6-2/h5H,1,6-7H2,2-4H3,(H,9,10). The number of amides is 1. The summed E-state index contributed by atoms with van der Waals surface area (Å²) in [4.78, 5) is 10.9. The van der Waals surface area contributed by atoms with Crippen molar-refractivity contribution in [3.8, 4) is 0 Å². The summed E-state index contributed by atoms with van der Waals surface area (Å²) in [5, 5.41) is 2.66. The molecular formula is C8H17NO3Si. The van der Waals surface area contributed by atoms with Gasteiger partial charge in [0.25, 0.3) is 0 Å². The number of hydrogen-bond acceptors (Lipinski definition) is 3. The fraction of sp³-hybridized carbons (Fsp3) is 0.625. The molecule has 0 rings (SSSR count). The lowest BCUT2D eigenvalue weighted by molar-refractivity contribution is -0.116. The maximum atomic E-state index is 10.9. The number of carbonyl (C=O) groups is 1. The Morgan fingerprint density at radius 1 is 1.69 bits per heavy atom. The minimum Gasteiger partial charge on any atom is -0.397 e. The van der Waals surface area contributed by atoms with Crippen LogP contribution in [0.25, 0.3) is 0 Å². The second-order valence-corrected chi connectivity index (χ2v) is 6.01. The molecule has 0 heterocycles. The molecule has 0 aliphatic rings. The van der Waals surface area contributed by atoms with E-state index in [4.69, 9.17) is 8.85 Å². The molecule has 0 radical (unpaired) electrons. The Labute approximate surface area is 80.2 Å². The summed E-state index contributed by atoms with van der Waals surface area (Å²) < 4.78 is 10.7. The van der Waals surface area contributed by atoms with Crippen molar-refractivity contribution >= 4 is 14.5 Å². The maximum absolute atomic E-state index is 10.9. The van der Waals surface area contributed by atoms with Gasteiger partial charge in [-0.2, -0.15) is 0 Å². The van der Waals surface area contributed by atoms with Gasteiger partial charge in [-0.3, -0.25) is 4.79 Å². The lowest BCUT2D eigenvalue weighted by Crippen LogP contribution is -2.49. The fourth-order valence-corrected chi connectivity index (χ4v) is 2.28.